The van der Waals surface area contributed by atoms with Crippen LogP contribution in [0.5, 0.6) is 5.75 Å². The van der Waals surface area contributed by atoms with Gasteiger partial charge in [-0.1, -0.05) is 11.2 Å². The second-order valence-electron chi connectivity index (χ2n) is 5.13. The largest absolute Gasteiger partial charge is 0.496 e. The maximum Gasteiger partial charge on any atom is 0.272 e. The molecule has 22 heavy (non-hydrogen) atoms. The van der Waals surface area contributed by atoms with E-state index in [0.717, 1.165) is 16.7 Å². The van der Waals surface area contributed by atoms with Gasteiger partial charge in [0, 0.05) is 12.4 Å². The molecule has 0 aliphatic carbocycles. The zero-order valence-corrected chi connectivity index (χ0v) is 12.9. The second-order valence-corrected chi connectivity index (χ2v) is 5.13. The number of nitrogens with zero attached hydrogens (tertiary/aromatic N) is 2. The molecule has 0 saturated heterocycles. The molecule has 2 aromatic heterocycles. The number of aromatic nitrogens is 2. The Morgan fingerprint density at radius 3 is 2.77 bits per heavy atom. The fraction of sp³-hybridized carbons (Fsp3) is 0.250. The molecular weight excluding hydrogens is 282 g/mol. The molecule has 3 aromatic rings. The summed E-state index contributed by atoms with van der Waals surface area (Å²) in [5.74, 6) is 1.11. The number of aryl methyl sites for hydroxylation is 3. The number of methoxy groups -OCH3 is 1. The van der Waals surface area contributed by atoms with Crippen LogP contribution in [-0.4, -0.2) is 22.7 Å². The van der Waals surface area contributed by atoms with Crippen LogP contribution in [0.3, 0.4) is 0 Å². The molecule has 0 radical (unpaired) electrons. The lowest BCUT2D eigenvalue weighted by atomic mass is 10.2. The quantitative estimate of drug-likeness (QED) is 0.807. The molecule has 2 heterocycles. The average molecular weight is 299 g/mol. The van der Waals surface area contributed by atoms with E-state index in [9.17, 15) is 4.79 Å². The van der Waals surface area contributed by atoms with Gasteiger partial charge in [0.2, 0.25) is 0 Å². The van der Waals surface area contributed by atoms with Gasteiger partial charge < -0.3 is 19.1 Å². The summed E-state index contributed by atoms with van der Waals surface area (Å²) in [6, 6.07) is 7.54. The lowest BCUT2D eigenvalue weighted by Crippen LogP contribution is -2.16. The lowest BCUT2D eigenvalue weighted by Gasteiger charge is -2.06. The summed E-state index contributed by atoms with van der Waals surface area (Å²) < 4.78 is 12.3. The van der Waals surface area contributed by atoms with Crippen molar-refractivity contribution in [3.05, 3.63) is 41.4 Å². The summed E-state index contributed by atoms with van der Waals surface area (Å²) >= 11 is 0. The molecule has 0 saturated carbocycles. The minimum atomic E-state index is -0.213. The number of amides is 1. The smallest absolute Gasteiger partial charge is 0.272 e. The Labute approximate surface area is 127 Å². The van der Waals surface area contributed by atoms with Crippen LogP contribution in [0, 0.1) is 13.8 Å². The van der Waals surface area contributed by atoms with Crippen LogP contribution in [0.2, 0.25) is 0 Å². The lowest BCUT2D eigenvalue weighted by molar-refractivity contribution is 0.101. The van der Waals surface area contributed by atoms with E-state index < -0.39 is 0 Å². The highest BCUT2D eigenvalue weighted by atomic mass is 16.5. The Balaban J connectivity index is 2.03. The van der Waals surface area contributed by atoms with Gasteiger partial charge in [-0.25, -0.2) is 0 Å². The van der Waals surface area contributed by atoms with Gasteiger partial charge in [0.05, 0.1) is 12.6 Å². The molecule has 6 nitrogen and oxygen atoms in total. The first-order valence-corrected chi connectivity index (χ1v) is 6.89. The topological polar surface area (TPSA) is 69.3 Å². The third kappa shape index (κ3) is 2.13. The number of anilines is 1. The summed E-state index contributed by atoms with van der Waals surface area (Å²) in [5, 5.41) is 7.60. The van der Waals surface area contributed by atoms with E-state index in [1.165, 1.54) is 0 Å². The Bertz CT molecular complexity index is 842. The van der Waals surface area contributed by atoms with Gasteiger partial charge in [-0.3, -0.25) is 4.79 Å². The summed E-state index contributed by atoms with van der Waals surface area (Å²) in [6.07, 6.45) is 0. The molecule has 1 aromatic carbocycles. The van der Waals surface area contributed by atoms with Crippen molar-refractivity contribution >= 4 is 22.5 Å². The number of benzene rings is 1. The Morgan fingerprint density at radius 2 is 2.14 bits per heavy atom. The highest BCUT2D eigenvalue weighted by Crippen LogP contribution is 2.29. The molecule has 3 rings (SSSR count). The highest BCUT2D eigenvalue weighted by Gasteiger charge is 2.18. The Hall–Kier alpha value is -2.76. The van der Waals surface area contributed by atoms with Crippen LogP contribution in [0.1, 0.15) is 21.9 Å². The molecule has 0 unspecified atom stereocenters. The predicted octanol–water partition coefficient (Wildman–Crippen LogP) is 3.04. The number of ether oxygens (including phenoxy) is 1. The van der Waals surface area contributed by atoms with Crippen molar-refractivity contribution in [3.8, 4) is 5.75 Å². The van der Waals surface area contributed by atoms with Crippen molar-refractivity contribution in [2.24, 2.45) is 7.05 Å². The molecule has 114 valence electrons. The fourth-order valence-electron chi connectivity index (χ4n) is 2.57. The van der Waals surface area contributed by atoms with E-state index in [-0.39, 0.29) is 5.91 Å². The maximum absolute atomic E-state index is 12.6. The summed E-state index contributed by atoms with van der Waals surface area (Å²) in [6.45, 7) is 3.55. The monoisotopic (exact) mass is 299 g/mol. The molecule has 0 atom stereocenters. The van der Waals surface area contributed by atoms with E-state index in [0.29, 0.717) is 22.8 Å². The number of carbonyl (C=O) groups excluding carboxylic acids is 1. The first-order valence-electron chi connectivity index (χ1n) is 6.89. The zero-order valence-electron chi connectivity index (χ0n) is 12.9. The molecule has 0 bridgehead atoms. The van der Waals surface area contributed by atoms with Crippen LogP contribution in [0.25, 0.3) is 10.9 Å². The van der Waals surface area contributed by atoms with Crippen molar-refractivity contribution in [1.29, 1.82) is 0 Å². The maximum atomic E-state index is 12.6. The third-order valence-corrected chi connectivity index (χ3v) is 3.77. The summed E-state index contributed by atoms with van der Waals surface area (Å²) in [5.41, 5.74) is 2.74. The molecule has 0 spiro atoms. The van der Waals surface area contributed by atoms with Crippen molar-refractivity contribution in [3.63, 3.8) is 0 Å². The number of nitrogens with one attached hydrogen (secondary N) is 1. The van der Waals surface area contributed by atoms with Crippen LogP contribution in [0.4, 0.5) is 5.69 Å². The van der Waals surface area contributed by atoms with E-state index in [1.54, 1.807) is 21.0 Å². The van der Waals surface area contributed by atoms with Crippen LogP contribution in [0.15, 0.2) is 28.8 Å². The SMILES string of the molecule is COc1cccc2c1cc(C(=O)Nc1c(C)noc1C)n2C. The van der Waals surface area contributed by atoms with E-state index in [2.05, 4.69) is 10.5 Å². The first kappa shape index (κ1) is 14.2. The van der Waals surface area contributed by atoms with Crippen molar-refractivity contribution in [2.45, 2.75) is 13.8 Å². The van der Waals surface area contributed by atoms with Crippen molar-refractivity contribution in [2.75, 3.05) is 12.4 Å². The molecule has 0 fully saturated rings. The zero-order chi connectivity index (χ0) is 15.9. The van der Waals surface area contributed by atoms with Gasteiger partial charge >= 0.3 is 0 Å². The van der Waals surface area contributed by atoms with E-state index in [4.69, 9.17) is 9.26 Å². The predicted molar refractivity (Wildman–Crippen MR) is 83.4 cm³/mol. The average Bonchev–Trinajstić information content (AvgIpc) is 3.01. The molecule has 1 N–H and O–H groups in total. The van der Waals surface area contributed by atoms with Gasteiger partial charge in [0.15, 0.2) is 5.76 Å². The van der Waals surface area contributed by atoms with Gasteiger partial charge in [0.1, 0.15) is 22.8 Å². The van der Waals surface area contributed by atoms with E-state index >= 15 is 0 Å². The van der Waals surface area contributed by atoms with Crippen molar-refractivity contribution in [1.82, 2.24) is 9.72 Å². The van der Waals surface area contributed by atoms with Gasteiger partial charge in [-0.15, -0.1) is 0 Å². The normalized spacial score (nSPS) is 10.9. The second kappa shape index (κ2) is 5.22. The number of rotatable bonds is 3. The van der Waals surface area contributed by atoms with Gasteiger partial charge in [0.25, 0.3) is 5.91 Å². The molecule has 6 heteroatoms. The number of hydrogen-bond acceptors (Lipinski definition) is 4. The minimum Gasteiger partial charge on any atom is -0.496 e. The van der Waals surface area contributed by atoms with Gasteiger partial charge in [-0.05, 0) is 32.0 Å². The van der Waals surface area contributed by atoms with Crippen LogP contribution in [-0.2, 0) is 7.05 Å². The molecule has 1 amide bonds. The minimum absolute atomic E-state index is 0.213. The van der Waals surface area contributed by atoms with Gasteiger partial charge in [-0.2, -0.15) is 0 Å². The standard InChI is InChI=1S/C16H17N3O3/c1-9-15(10(2)22-18-9)17-16(20)13-8-11-12(19(13)3)6-5-7-14(11)21-4/h5-8H,1-4H3,(H,17,20). The molecule has 0 aliphatic rings. The van der Waals surface area contributed by atoms with Crippen LogP contribution < -0.4 is 10.1 Å². The Morgan fingerprint density at radius 1 is 1.36 bits per heavy atom. The van der Waals surface area contributed by atoms with Crippen LogP contribution >= 0.6 is 0 Å². The fourth-order valence-corrected chi connectivity index (χ4v) is 2.57. The van der Waals surface area contributed by atoms with E-state index in [1.807, 2.05) is 35.9 Å². The van der Waals surface area contributed by atoms with Crippen molar-refractivity contribution < 1.29 is 14.1 Å². The Kier molecular flexibility index (Phi) is 3.36. The number of hydrogen-bond donors (Lipinski definition) is 1. The highest BCUT2D eigenvalue weighted by molar-refractivity contribution is 6.07. The first-order chi connectivity index (χ1) is 10.5. The molecular formula is C16H17N3O3. The number of fused-ring (bicyclic) bond motifs is 1. The third-order valence-electron chi connectivity index (χ3n) is 3.77. The summed E-state index contributed by atoms with van der Waals surface area (Å²) in [4.78, 5) is 12.6. The molecule has 0 aliphatic heterocycles. The number of carbonyl (C=O) groups is 1. The summed E-state index contributed by atoms with van der Waals surface area (Å²) in [7, 11) is 3.47.